The first-order valence-electron chi connectivity index (χ1n) is 8.01. The summed E-state index contributed by atoms with van der Waals surface area (Å²) in [5.41, 5.74) is -1.14. The molecule has 2 rings (SSSR count). The van der Waals surface area contributed by atoms with Gasteiger partial charge in [-0.15, -0.1) is 0 Å². The molecule has 28 heavy (non-hydrogen) atoms. The Bertz CT molecular complexity index is 1060. The lowest BCUT2D eigenvalue weighted by atomic mass is 10.1. The number of hydrogen-bond donors (Lipinski definition) is 3. The van der Waals surface area contributed by atoms with Crippen molar-refractivity contribution in [1.82, 2.24) is 14.9 Å². The van der Waals surface area contributed by atoms with Crippen LogP contribution < -0.4 is 10.0 Å². The van der Waals surface area contributed by atoms with Crippen molar-refractivity contribution < 1.29 is 22.8 Å². The average Bonchev–Trinajstić information content (AvgIpc) is 2.99. The zero-order chi connectivity index (χ0) is 21.1. The Morgan fingerprint density at radius 2 is 1.96 bits per heavy atom. The van der Waals surface area contributed by atoms with Crippen molar-refractivity contribution in [1.29, 1.82) is 5.26 Å². The van der Waals surface area contributed by atoms with E-state index in [1.807, 2.05) is 0 Å². The first-order valence-corrected chi connectivity index (χ1v) is 9.49. The van der Waals surface area contributed by atoms with Crippen molar-refractivity contribution in [2.75, 3.05) is 5.32 Å². The zero-order valence-corrected chi connectivity index (χ0v) is 16.5. The highest BCUT2D eigenvalue weighted by molar-refractivity contribution is 7.89. The third-order valence-electron chi connectivity index (χ3n) is 3.31. The number of nitriles is 1. The minimum atomic E-state index is -3.78. The van der Waals surface area contributed by atoms with Gasteiger partial charge in [-0.1, -0.05) is 5.16 Å². The van der Waals surface area contributed by atoms with E-state index in [1.54, 1.807) is 26.8 Å². The Morgan fingerprint density at radius 1 is 1.29 bits per heavy atom. The van der Waals surface area contributed by atoms with E-state index in [0.29, 0.717) is 0 Å². The van der Waals surface area contributed by atoms with Crippen LogP contribution in [0.3, 0.4) is 0 Å². The lowest BCUT2D eigenvalue weighted by molar-refractivity contribution is -0.112. The fourth-order valence-corrected chi connectivity index (χ4v) is 3.49. The summed E-state index contributed by atoms with van der Waals surface area (Å²) in [4.78, 5) is 16.1. The van der Waals surface area contributed by atoms with Gasteiger partial charge >= 0.3 is 0 Å². The fourth-order valence-electron chi connectivity index (χ4n) is 2.13. The number of nitrogens with one attached hydrogen (secondary N) is 2. The van der Waals surface area contributed by atoms with E-state index >= 15 is 0 Å². The highest BCUT2D eigenvalue weighted by atomic mass is 32.2. The maximum atomic E-state index is 12.3. The van der Waals surface area contributed by atoms with Gasteiger partial charge in [-0.2, -0.15) is 5.26 Å². The molecule has 0 aliphatic rings. The Hall–Kier alpha value is -3.23. The van der Waals surface area contributed by atoms with Crippen LogP contribution in [0.1, 0.15) is 32.1 Å². The maximum Gasteiger partial charge on any atom is 0.271 e. The van der Waals surface area contributed by atoms with Crippen LogP contribution in [0, 0.1) is 18.3 Å². The number of sulfonamides is 1. The molecular formula is C17H19N5O5S. The van der Waals surface area contributed by atoms with Crippen molar-refractivity contribution in [3.05, 3.63) is 41.4 Å². The van der Waals surface area contributed by atoms with Crippen LogP contribution in [0.15, 0.2) is 39.5 Å². The second-order valence-corrected chi connectivity index (χ2v) is 8.50. The van der Waals surface area contributed by atoms with Crippen LogP contribution in [-0.4, -0.2) is 35.1 Å². The molecule has 1 amide bonds. The van der Waals surface area contributed by atoms with Gasteiger partial charge in [0.05, 0.1) is 11.8 Å². The van der Waals surface area contributed by atoms with Crippen LogP contribution in [-0.2, 0) is 14.8 Å². The molecule has 148 valence electrons. The maximum absolute atomic E-state index is 12.3. The van der Waals surface area contributed by atoms with Crippen molar-refractivity contribution in [3.63, 3.8) is 0 Å². The van der Waals surface area contributed by atoms with Gasteiger partial charge in [-0.05, 0) is 39.8 Å². The lowest BCUT2D eigenvalue weighted by Gasteiger charge is -2.20. The van der Waals surface area contributed by atoms with E-state index < -0.39 is 32.8 Å². The highest BCUT2D eigenvalue weighted by Gasteiger charge is 2.23. The quantitative estimate of drug-likeness (QED) is 0.386. The van der Waals surface area contributed by atoms with Crippen LogP contribution in [0.4, 0.5) is 5.82 Å². The first-order chi connectivity index (χ1) is 12.9. The van der Waals surface area contributed by atoms with E-state index in [2.05, 4.69) is 20.2 Å². The summed E-state index contributed by atoms with van der Waals surface area (Å²) >= 11 is 0. The number of aliphatic hydroxyl groups is 1. The Morgan fingerprint density at radius 3 is 2.43 bits per heavy atom. The van der Waals surface area contributed by atoms with Crippen LogP contribution in [0.25, 0.3) is 5.76 Å². The fraction of sp³-hybridized carbons (Fsp3) is 0.294. The molecule has 11 heteroatoms. The standard InChI is InChI=1S/C17H19N5O5S/c1-10-13(9-20-27-10)15(23)12(7-18)16(24)21-14-6-5-11(8-19-14)28(25,26)22-17(2,3)4/h5-6,8-9,22-23H,1-4H3,(H,19,21,24). The summed E-state index contributed by atoms with van der Waals surface area (Å²) in [5, 5.41) is 25.2. The number of hydrogen-bond acceptors (Lipinski definition) is 8. The molecule has 2 heterocycles. The van der Waals surface area contributed by atoms with Crippen molar-refractivity contribution in [3.8, 4) is 6.07 Å². The van der Waals surface area contributed by atoms with Crippen LogP contribution in [0.2, 0.25) is 0 Å². The molecule has 0 unspecified atom stereocenters. The molecule has 2 aromatic heterocycles. The van der Waals surface area contributed by atoms with Gasteiger partial charge in [0.2, 0.25) is 10.0 Å². The number of carbonyl (C=O) groups is 1. The number of pyridine rings is 1. The Kier molecular flexibility index (Phi) is 5.86. The number of carbonyl (C=O) groups excluding carboxylic acids is 1. The highest BCUT2D eigenvalue weighted by Crippen LogP contribution is 2.20. The summed E-state index contributed by atoms with van der Waals surface area (Å²) in [6.45, 7) is 6.61. The van der Waals surface area contributed by atoms with E-state index in [9.17, 15) is 23.6 Å². The SMILES string of the molecule is Cc1oncc1C(O)=C(C#N)C(=O)Nc1ccc(S(=O)(=O)NC(C)(C)C)cn1. The second-order valence-electron chi connectivity index (χ2n) is 6.82. The molecule has 0 fully saturated rings. The normalized spacial score (nSPS) is 12.8. The zero-order valence-electron chi connectivity index (χ0n) is 15.6. The number of aromatic nitrogens is 2. The molecule has 0 saturated heterocycles. The molecular weight excluding hydrogens is 386 g/mol. The van der Waals surface area contributed by atoms with E-state index in [1.165, 1.54) is 25.3 Å². The molecule has 2 aromatic rings. The number of rotatable bonds is 5. The Balaban J connectivity index is 2.23. The van der Waals surface area contributed by atoms with Crippen LogP contribution >= 0.6 is 0 Å². The largest absolute Gasteiger partial charge is 0.506 e. The van der Waals surface area contributed by atoms with Crippen molar-refractivity contribution in [2.45, 2.75) is 38.1 Å². The molecule has 0 bridgehead atoms. The molecule has 0 radical (unpaired) electrons. The molecule has 10 nitrogen and oxygen atoms in total. The molecule has 0 aliphatic heterocycles. The monoisotopic (exact) mass is 405 g/mol. The van der Waals surface area contributed by atoms with E-state index in [-0.39, 0.29) is 22.0 Å². The number of amides is 1. The van der Waals surface area contributed by atoms with E-state index in [0.717, 1.165) is 6.20 Å². The minimum absolute atomic E-state index is 0.00213. The van der Waals surface area contributed by atoms with E-state index in [4.69, 9.17) is 4.52 Å². The third kappa shape index (κ3) is 4.93. The van der Waals surface area contributed by atoms with Crippen molar-refractivity contribution in [2.24, 2.45) is 0 Å². The van der Waals surface area contributed by atoms with Crippen molar-refractivity contribution >= 4 is 27.5 Å². The summed E-state index contributed by atoms with van der Waals surface area (Å²) < 4.78 is 31.8. The Labute approximate surface area is 161 Å². The number of aryl methyl sites for hydroxylation is 1. The number of anilines is 1. The predicted octanol–water partition coefficient (Wildman–Crippen LogP) is 1.89. The summed E-state index contributed by atoms with van der Waals surface area (Å²) in [5.74, 6) is -1.27. The average molecular weight is 405 g/mol. The second kappa shape index (κ2) is 7.79. The summed E-state index contributed by atoms with van der Waals surface area (Å²) in [7, 11) is -3.78. The van der Waals surface area contributed by atoms with Crippen LogP contribution in [0.5, 0.6) is 0 Å². The van der Waals surface area contributed by atoms with Gasteiger partial charge in [-0.25, -0.2) is 18.1 Å². The van der Waals surface area contributed by atoms with Gasteiger partial charge in [0, 0.05) is 11.7 Å². The molecule has 0 aliphatic carbocycles. The molecule has 0 atom stereocenters. The lowest BCUT2D eigenvalue weighted by Crippen LogP contribution is -2.40. The smallest absolute Gasteiger partial charge is 0.271 e. The van der Waals surface area contributed by atoms with Gasteiger partial charge in [0.25, 0.3) is 5.91 Å². The van der Waals surface area contributed by atoms with Gasteiger partial charge in [-0.3, -0.25) is 4.79 Å². The predicted molar refractivity (Wildman–Crippen MR) is 99.3 cm³/mol. The number of nitrogens with zero attached hydrogens (tertiary/aromatic N) is 3. The molecule has 0 aromatic carbocycles. The molecule has 3 N–H and O–H groups in total. The van der Waals surface area contributed by atoms with Gasteiger partial charge in [0.1, 0.15) is 22.5 Å². The minimum Gasteiger partial charge on any atom is -0.506 e. The van der Waals surface area contributed by atoms with Gasteiger partial charge in [0.15, 0.2) is 11.3 Å². The third-order valence-corrected chi connectivity index (χ3v) is 5.05. The van der Waals surface area contributed by atoms with Gasteiger partial charge < -0.3 is 14.9 Å². The molecule has 0 spiro atoms. The summed E-state index contributed by atoms with van der Waals surface area (Å²) in [6, 6.07) is 4.14. The summed E-state index contributed by atoms with van der Waals surface area (Å²) in [6.07, 6.45) is 2.25. The molecule has 0 saturated carbocycles. The first kappa shape index (κ1) is 21.1. The topological polar surface area (TPSA) is 158 Å². The number of aliphatic hydroxyl groups excluding tert-OH is 1.